The summed E-state index contributed by atoms with van der Waals surface area (Å²) in [6.45, 7) is 6.90. The molecule has 4 saturated heterocycles. The van der Waals surface area contributed by atoms with Gasteiger partial charge in [-0.15, -0.1) is 10.2 Å². The predicted octanol–water partition coefficient (Wildman–Crippen LogP) is 4.18. The number of rotatable bonds is 9. The maximum atomic E-state index is 13.6. The Labute approximate surface area is 341 Å². The number of allylic oxidation sites excluding steroid dienone is 1. The molecule has 1 aromatic carbocycles. The van der Waals surface area contributed by atoms with Gasteiger partial charge in [-0.1, -0.05) is 0 Å². The Morgan fingerprint density at radius 1 is 0.881 bits per heavy atom. The van der Waals surface area contributed by atoms with E-state index in [0.717, 1.165) is 112 Å². The van der Waals surface area contributed by atoms with Crippen LogP contribution in [0.25, 0.3) is 16.6 Å². The van der Waals surface area contributed by atoms with Crippen molar-refractivity contribution >= 4 is 57.3 Å². The highest BCUT2D eigenvalue weighted by molar-refractivity contribution is 6.10. The molecule has 304 valence electrons. The Morgan fingerprint density at radius 3 is 2.47 bits per heavy atom. The van der Waals surface area contributed by atoms with Crippen molar-refractivity contribution in [3.8, 4) is 0 Å². The Hall–Kier alpha value is -6.34. The summed E-state index contributed by atoms with van der Waals surface area (Å²) in [5, 5.41) is 23.0. The summed E-state index contributed by atoms with van der Waals surface area (Å²) in [5.74, 6) is 3.58. The van der Waals surface area contributed by atoms with Gasteiger partial charge >= 0.3 is 0 Å². The van der Waals surface area contributed by atoms with Gasteiger partial charge in [0.1, 0.15) is 35.3 Å². The number of carbonyl (C=O) groups is 2. The monoisotopic (exact) mass is 796 g/mol. The standard InChI is InChI=1S/C43H48N12O4/c56-26-31-6-8-35(39(27-57)46-31)47-43(59)36-9-7-33(23-44-36)52-19-10-29(11-20-52)24-51-17-12-32(13-18-51)55-25-30-21-38(40(22-37(30)50-55)53-14-2-1-3-15-53)48-42(58)34-5-4-16-54-28-45-49-41(34)54/h4-5,7,9,16,21-23,25,28-29,32,35,46H,1-3,6,8,10-15,17-20,24H2,(H,47,59)(H,48,58)/t35-/m0/s1. The lowest BCUT2D eigenvalue weighted by Crippen LogP contribution is -2.44. The lowest BCUT2D eigenvalue weighted by molar-refractivity contribution is 0.0933. The van der Waals surface area contributed by atoms with Crippen molar-refractivity contribution in [1.29, 1.82) is 0 Å². The summed E-state index contributed by atoms with van der Waals surface area (Å²) in [6, 6.07) is 11.2. The van der Waals surface area contributed by atoms with E-state index in [2.05, 4.69) is 68.8 Å². The van der Waals surface area contributed by atoms with Gasteiger partial charge < -0.3 is 30.7 Å². The van der Waals surface area contributed by atoms with Crippen LogP contribution in [0, 0.1) is 5.92 Å². The zero-order valence-corrected chi connectivity index (χ0v) is 33.0. The molecule has 4 aliphatic rings. The third kappa shape index (κ3) is 8.20. The number of likely N-dealkylation sites (tertiary alicyclic amines) is 1. The number of hydrogen-bond donors (Lipinski definition) is 3. The van der Waals surface area contributed by atoms with Crippen molar-refractivity contribution < 1.29 is 19.2 Å². The summed E-state index contributed by atoms with van der Waals surface area (Å²) in [6.07, 6.45) is 15.8. The fourth-order valence-electron chi connectivity index (χ4n) is 9.09. The minimum atomic E-state index is -0.558. The van der Waals surface area contributed by atoms with Gasteiger partial charge in [-0.3, -0.25) is 18.7 Å². The molecule has 5 aromatic rings. The van der Waals surface area contributed by atoms with Gasteiger partial charge in [-0.2, -0.15) is 5.10 Å². The normalized spacial score (nSPS) is 19.7. The molecular weight excluding hydrogens is 749 g/mol. The zero-order chi connectivity index (χ0) is 40.3. The lowest BCUT2D eigenvalue weighted by atomic mass is 9.94. The highest BCUT2D eigenvalue weighted by Gasteiger charge is 2.29. The van der Waals surface area contributed by atoms with Gasteiger partial charge in [-0.25, -0.2) is 14.6 Å². The topological polar surface area (TPSA) is 175 Å². The number of benzene rings is 1. The van der Waals surface area contributed by atoms with Crippen molar-refractivity contribution in [3.63, 3.8) is 0 Å². The minimum absolute atomic E-state index is 0.124. The Morgan fingerprint density at radius 2 is 1.71 bits per heavy atom. The number of anilines is 3. The fourth-order valence-corrected chi connectivity index (χ4v) is 9.09. The second-order valence-electron chi connectivity index (χ2n) is 16.2. The number of nitrogens with one attached hydrogen (secondary N) is 3. The van der Waals surface area contributed by atoms with Crippen LogP contribution in [0.5, 0.6) is 0 Å². The highest BCUT2D eigenvalue weighted by atomic mass is 16.2. The number of fused-ring (bicyclic) bond motifs is 2. The number of hydrogen-bond acceptors (Lipinski definition) is 12. The quantitative estimate of drug-likeness (QED) is 0.182. The van der Waals surface area contributed by atoms with Gasteiger partial charge in [0.25, 0.3) is 11.8 Å². The third-order valence-electron chi connectivity index (χ3n) is 12.4. The molecule has 4 fully saturated rings. The second-order valence-corrected chi connectivity index (χ2v) is 16.2. The lowest BCUT2D eigenvalue weighted by Gasteiger charge is -2.38. The summed E-state index contributed by atoms with van der Waals surface area (Å²) in [4.78, 5) is 60.6. The first kappa shape index (κ1) is 38.2. The van der Waals surface area contributed by atoms with E-state index < -0.39 is 6.04 Å². The fraction of sp³-hybridized carbons (Fsp3) is 0.442. The van der Waals surface area contributed by atoms with Crippen molar-refractivity contribution in [1.82, 2.24) is 44.9 Å². The smallest absolute Gasteiger partial charge is 0.270 e. The summed E-state index contributed by atoms with van der Waals surface area (Å²) in [7, 11) is 0. The van der Waals surface area contributed by atoms with Gasteiger partial charge in [0, 0.05) is 70.0 Å². The predicted molar refractivity (Wildman–Crippen MR) is 223 cm³/mol. The van der Waals surface area contributed by atoms with Gasteiger partial charge in [-0.05, 0) is 93.7 Å². The second kappa shape index (κ2) is 16.9. The molecule has 0 bridgehead atoms. The largest absolute Gasteiger partial charge is 0.370 e. The van der Waals surface area contributed by atoms with E-state index in [9.17, 15) is 19.2 Å². The van der Waals surface area contributed by atoms with Crippen molar-refractivity contribution in [2.24, 2.45) is 5.92 Å². The molecule has 0 spiro atoms. The number of nitrogens with zero attached hydrogens (tertiary/aromatic N) is 9. The first-order chi connectivity index (χ1) is 28.9. The molecule has 0 radical (unpaired) electrons. The van der Waals surface area contributed by atoms with E-state index in [1.165, 1.54) is 6.42 Å². The van der Waals surface area contributed by atoms with Crippen LogP contribution < -0.4 is 25.8 Å². The molecule has 16 heteroatoms. The van der Waals surface area contributed by atoms with Crippen LogP contribution >= 0.6 is 0 Å². The van der Waals surface area contributed by atoms with Crippen molar-refractivity contribution in [2.45, 2.75) is 69.9 Å². The van der Waals surface area contributed by atoms with Crippen LogP contribution in [-0.4, -0.2) is 110 Å². The Kier molecular flexibility index (Phi) is 10.9. The zero-order valence-electron chi connectivity index (χ0n) is 33.0. The number of aromatic nitrogens is 6. The number of carbonyl (C=O) groups excluding carboxylic acids is 4. The molecule has 16 nitrogen and oxygen atoms in total. The van der Waals surface area contributed by atoms with Gasteiger partial charge in [0.2, 0.25) is 0 Å². The third-order valence-corrected chi connectivity index (χ3v) is 12.4. The average molecular weight is 797 g/mol. The van der Waals surface area contributed by atoms with E-state index >= 15 is 0 Å². The van der Waals surface area contributed by atoms with Crippen LogP contribution in [0.2, 0.25) is 0 Å². The first-order valence-electron chi connectivity index (χ1n) is 20.8. The summed E-state index contributed by atoms with van der Waals surface area (Å²) >= 11 is 0. The first-order valence-corrected chi connectivity index (χ1v) is 20.8. The molecule has 0 aliphatic carbocycles. The molecule has 59 heavy (non-hydrogen) atoms. The molecule has 3 N–H and O–H groups in total. The molecule has 4 aromatic heterocycles. The molecule has 8 heterocycles. The molecular formula is C43H48N12O4. The highest BCUT2D eigenvalue weighted by Crippen LogP contribution is 2.35. The van der Waals surface area contributed by atoms with Gasteiger partial charge in [0.05, 0.1) is 46.4 Å². The van der Waals surface area contributed by atoms with Crippen LogP contribution in [0.4, 0.5) is 17.1 Å². The van der Waals surface area contributed by atoms with Gasteiger partial charge in [0.15, 0.2) is 5.65 Å². The van der Waals surface area contributed by atoms with E-state index in [1.807, 2.05) is 18.3 Å². The molecule has 4 aliphatic heterocycles. The summed E-state index contributed by atoms with van der Waals surface area (Å²) < 4.78 is 3.91. The van der Waals surface area contributed by atoms with E-state index in [4.69, 9.17) is 5.10 Å². The Balaban J connectivity index is 0.782. The van der Waals surface area contributed by atoms with Crippen LogP contribution in [0.15, 0.2) is 72.7 Å². The number of pyridine rings is 2. The molecule has 2 amide bonds. The van der Waals surface area contributed by atoms with Crippen LogP contribution in [-0.2, 0) is 9.59 Å². The maximum absolute atomic E-state index is 13.6. The Bertz CT molecular complexity index is 2440. The maximum Gasteiger partial charge on any atom is 0.270 e. The SMILES string of the molecule is O=C=C1CC[C@H](NC(=O)c2ccc(N3CCC(CN4CCC(n5cc6cc(NC(=O)c7cccn8cnnc78)c(N7CCCCC7)cc6n5)CC4)CC3)cn2)C(=C=O)N1. The molecule has 9 rings (SSSR count). The average Bonchev–Trinajstić information content (AvgIpc) is 3.94. The minimum Gasteiger partial charge on any atom is -0.370 e. The number of piperidine rings is 4. The molecule has 1 atom stereocenters. The molecule has 0 saturated carbocycles. The van der Waals surface area contributed by atoms with Crippen LogP contribution in [0.1, 0.15) is 84.7 Å². The van der Waals surface area contributed by atoms with E-state index in [-0.39, 0.29) is 28.9 Å². The van der Waals surface area contributed by atoms with Crippen molar-refractivity contribution in [3.05, 3.63) is 84.0 Å². The van der Waals surface area contributed by atoms with E-state index in [1.54, 1.807) is 40.9 Å². The van der Waals surface area contributed by atoms with Crippen LogP contribution in [0.3, 0.4) is 0 Å². The van der Waals surface area contributed by atoms with Crippen molar-refractivity contribution in [2.75, 3.05) is 60.9 Å². The summed E-state index contributed by atoms with van der Waals surface area (Å²) in [5.41, 5.74) is 5.42. The number of amides is 2. The molecule has 0 unspecified atom stereocenters. The van der Waals surface area contributed by atoms with E-state index in [0.29, 0.717) is 36.0 Å².